The summed E-state index contributed by atoms with van der Waals surface area (Å²) < 4.78 is 2.96. The molecule has 0 spiro atoms. The van der Waals surface area contributed by atoms with E-state index in [4.69, 9.17) is 5.41 Å². The SMILES string of the molecule is C=CCn1c(=N)c(C(=O)NCC(C)C)cc2c(=O)n3ccccc3nc21. The minimum absolute atomic E-state index is 0.00540. The van der Waals surface area contributed by atoms with Gasteiger partial charge in [0.15, 0.2) is 0 Å². The van der Waals surface area contributed by atoms with Crippen molar-refractivity contribution >= 4 is 22.6 Å². The molecule has 3 rings (SSSR count). The van der Waals surface area contributed by atoms with E-state index in [1.54, 1.807) is 30.5 Å². The minimum atomic E-state index is -0.374. The number of hydrogen-bond acceptors (Lipinski definition) is 4. The molecule has 0 atom stereocenters. The highest BCUT2D eigenvalue weighted by Gasteiger charge is 2.17. The maximum atomic E-state index is 12.9. The predicted molar refractivity (Wildman–Crippen MR) is 100 cm³/mol. The second-order valence-electron chi connectivity index (χ2n) is 6.49. The number of pyridine rings is 2. The van der Waals surface area contributed by atoms with Gasteiger partial charge in [0.1, 0.15) is 16.8 Å². The number of nitrogens with zero attached hydrogens (tertiary/aromatic N) is 3. The van der Waals surface area contributed by atoms with E-state index in [2.05, 4.69) is 16.9 Å². The van der Waals surface area contributed by atoms with Crippen molar-refractivity contribution in [3.05, 3.63) is 64.5 Å². The topological polar surface area (TPSA) is 92.2 Å². The lowest BCUT2D eigenvalue weighted by Crippen LogP contribution is -2.36. The summed E-state index contributed by atoms with van der Waals surface area (Å²) in [5, 5.41) is 11.5. The van der Waals surface area contributed by atoms with E-state index < -0.39 is 0 Å². The van der Waals surface area contributed by atoms with Gasteiger partial charge in [0.2, 0.25) is 0 Å². The lowest BCUT2D eigenvalue weighted by molar-refractivity contribution is 0.0946. The van der Waals surface area contributed by atoms with Gasteiger partial charge in [-0.05, 0) is 24.1 Å². The first-order valence-electron chi connectivity index (χ1n) is 8.42. The molecule has 7 nitrogen and oxygen atoms in total. The smallest absolute Gasteiger partial charge is 0.267 e. The summed E-state index contributed by atoms with van der Waals surface area (Å²) in [6.07, 6.45) is 3.25. The summed E-state index contributed by atoms with van der Waals surface area (Å²) in [5.74, 6) is -0.0916. The average molecular weight is 351 g/mol. The lowest BCUT2D eigenvalue weighted by Gasteiger charge is -2.14. The van der Waals surface area contributed by atoms with Crippen LogP contribution in [0.3, 0.4) is 0 Å². The van der Waals surface area contributed by atoms with Crippen molar-refractivity contribution in [3.8, 4) is 0 Å². The fourth-order valence-corrected chi connectivity index (χ4v) is 2.76. The third kappa shape index (κ3) is 3.03. The third-order valence-electron chi connectivity index (χ3n) is 4.05. The number of carbonyl (C=O) groups excluding carboxylic acids is 1. The van der Waals surface area contributed by atoms with Crippen LogP contribution < -0.4 is 16.4 Å². The molecule has 26 heavy (non-hydrogen) atoms. The highest BCUT2D eigenvalue weighted by Crippen LogP contribution is 2.10. The Bertz CT molecular complexity index is 1120. The van der Waals surface area contributed by atoms with E-state index >= 15 is 0 Å². The Balaban J connectivity index is 2.32. The lowest BCUT2D eigenvalue weighted by atomic mass is 10.1. The molecule has 0 saturated carbocycles. The second-order valence-corrected chi connectivity index (χ2v) is 6.49. The van der Waals surface area contributed by atoms with E-state index in [1.807, 2.05) is 13.8 Å². The van der Waals surface area contributed by atoms with Gasteiger partial charge in [0.25, 0.3) is 11.5 Å². The van der Waals surface area contributed by atoms with Gasteiger partial charge in [-0.2, -0.15) is 0 Å². The number of carbonyl (C=O) groups is 1. The molecule has 0 aliphatic heterocycles. The molecule has 1 amide bonds. The van der Waals surface area contributed by atoms with E-state index in [-0.39, 0.29) is 35.0 Å². The summed E-state index contributed by atoms with van der Waals surface area (Å²) in [5.41, 5.74) is 0.729. The first-order chi connectivity index (χ1) is 12.4. The molecule has 0 aliphatic carbocycles. The third-order valence-corrected chi connectivity index (χ3v) is 4.05. The molecular weight excluding hydrogens is 330 g/mol. The van der Waals surface area contributed by atoms with Crippen LogP contribution in [-0.4, -0.2) is 26.4 Å². The largest absolute Gasteiger partial charge is 0.352 e. The van der Waals surface area contributed by atoms with Gasteiger partial charge in [-0.1, -0.05) is 26.0 Å². The van der Waals surface area contributed by atoms with Gasteiger partial charge < -0.3 is 9.88 Å². The van der Waals surface area contributed by atoms with Crippen LogP contribution in [0.1, 0.15) is 24.2 Å². The molecule has 134 valence electrons. The van der Waals surface area contributed by atoms with Crippen LogP contribution in [0.25, 0.3) is 16.7 Å². The molecule has 0 aromatic carbocycles. The van der Waals surface area contributed by atoms with E-state index in [9.17, 15) is 9.59 Å². The fraction of sp³-hybridized carbons (Fsp3) is 0.263. The Labute approximate surface area is 150 Å². The van der Waals surface area contributed by atoms with Crippen molar-refractivity contribution in [2.75, 3.05) is 6.54 Å². The molecule has 0 bridgehead atoms. The Morgan fingerprint density at radius 3 is 2.88 bits per heavy atom. The molecular formula is C19H21N5O2. The summed E-state index contributed by atoms with van der Waals surface area (Å²) >= 11 is 0. The molecule has 0 radical (unpaired) electrons. The molecule has 3 aromatic heterocycles. The number of hydrogen-bond donors (Lipinski definition) is 2. The van der Waals surface area contributed by atoms with Crippen LogP contribution in [0.15, 0.2) is 47.9 Å². The van der Waals surface area contributed by atoms with E-state index in [1.165, 1.54) is 15.0 Å². The van der Waals surface area contributed by atoms with Crippen molar-refractivity contribution in [2.45, 2.75) is 20.4 Å². The predicted octanol–water partition coefficient (Wildman–Crippen LogP) is 1.70. The number of allylic oxidation sites excluding steroid dienone is 1. The quantitative estimate of drug-likeness (QED) is 0.541. The second kappa shape index (κ2) is 6.95. The summed E-state index contributed by atoms with van der Waals surface area (Å²) in [6, 6.07) is 6.73. The first kappa shape index (κ1) is 17.6. The normalized spacial score (nSPS) is 11.2. The number of rotatable bonds is 5. The van der Waals surface area contributed by atoms with Crippen molar-refractivity contribution in [1.29, 1.82) is 5.41 Å². The van der Waals surface area contributed by atoms with Gasteiger partial charge in [-0.3, -0.25) is 19.4 Å². The van der Waals surface area contributed by atoms with Crippen molar-refractivity contribution < 1.29 is 4.79 Å². The average Bonchev–Trinajstić information content (AvgIpc) is 2.62. The highest BCUT2D eigenvalue weighted by atomic mass is 16.1. The Morgan fingerprint density at radius 1 is 1.42 bits per heavy atom. The van der Waals surface area contributed by atoms with Crippen molar-refractivity contribution in [2.24, 2.45) is 5.92 Å². The standard InChI is InChI=1S/C19H21N5O2/c1-4-8-24-16(20)13(18(25)21-11-12(2)3)10-14-17(24)22-15-7-5-6-9-23(15)19(14)26/h4-7,9-10,12,20H,1,8,11H2,2-3H3,(H,21,25). The van der Waals surface area contributed by atoms with Gasteiger partial charge >= 0.3 is 0 Å². The molecule has 3 heterocycles. The maximum absolute atomic E-state index is 12.9. The summed E-state index contributed by atoms with van der Waals surface area (Å²) in [7, 11) is 0. The van der Waals surface area contributed by atoms with Crippen LogP contribution >= 0.6 is 0 Å². The zero-order valence-electron chi connectivity index (χ0n) is 14.8. The Morgan fingerprint density at radius 2 is 2.19 bits per heavy atom. The van der Waals surface area contributed by atoms with Crippen LogP contribution in [0, 0.1) is 11.3 Å². The van der Waals surface area contributed by atoms with Gasteiger partial charge in [-0.15, -0.1) is 6.58 Å². The van der Waals surface area contributed by atoms with Crippen LogP contribution in [0.4, 0.5) is 0 Å². The Kier molecular flexibility index (Phi) is 4.71. The van der Waals surface area contributed by atoms with E-state index in [0.717, 1.165) is 0 Å². The zero-order chi connectivity index (χ0) is 18.8. The fourth-order valence-electron chi connectivity index (χ4n) is 2.76. The minimum Gasteiger partial charge on any atom is -0.352 e. The number of nitrogens with one attached hydrogen (secondary N) is 2. The molecule has 2 N–H and O–H groups in total. The number of fused-ring (bicyclic) bond motifs is 2. The first-order valence-corrected chi connectivity index (χ1v) is 8.42. The van der Waals surface area contributed by atoms with Crippen molar-refractivity contribution in [1.82, 2.24) is 19.3 Å². The zero-order valence-corrected chi connectivity index (χ0v) is 14.8. The molecule has 3 aromatic rings. The number of aromatic nitrogens is 3. The molecule has 0 aliphatic rings. The van der Waals surface area contributed by atoms with Gasteiger partial charge in [0, 0.05) is 19.3 Å². The van der Waals surface area contributed by atoms with E-state index in [0.29, 0.717) is 23.2 Å². The number of amides is 1. The van der Waals surface area contributed by atoms with Gasteiger partial charge in [-0.25, -0.2) is 4.98 Å². The van der Waals surface area contributed by atoms with Crippen LogP contribution in [0.2, 0.25) is 0 Å². The summed E-state index contributed by atoms with van der Waals surface area (Å²) in [4.78, 5) is 30.0. The Hall–Kier alpha value is -3.22. The molecule has 0 fully saturated rings. The monoisotopic (exact) mass is 351 g/mol. The maximum Gasteiger partial charge on any atom is 0.267 e. The molecule has 0 saturated heterocycles. The van der Waals surface area contributed by atoms with Crippen LogP contribution in [0.5, 0.6) is 0 Å². The molecule has 0 unspecified atom stereocenters. The highest BCUT2D eigenvalue weighted by molar-refractivity contribution is 5.96. The summed E-state index contributed by atoms with van der Waals surface area (Å²) in [6.45, 7) is 8.45. The molecule has 7 heteroatoms. The van der Waals surface area contributed by atoms with Crippen LogP contribution in [-0.2, 0) is 6.54 Å². The van der Waals surface area contributed by atoms with Crippen molar-refractivity contribution in [3.63, 3.8) is 0 Å². The van der Waals surface area contributed by atoms with Gasteiger partial charge in [0.05, 0.1) is 10.9 Å².